The molecule has 18 heteroatoms. The zero-order chi connectivity index (χ0) is 36.3. The van der Waals surface area contributed by atoms with Crippen molar-refractivity contribution in [3.8, 4) is 11.6 Å². The lowest BCUT2D eigenvalue weighted by molar-refractivity contribution is -0.157. The Kier molecular flexibility index (Phi) is 12.7. The maximum atomic E-state index is 13.6. The highest BCUT2D eigenvalue weighted by atomic mass is 16.8. The highest BCUT2D eigenvalue weighted by Crippen LogP contribution is 2.23. The lowest BCUT2D eigenvalue weighted by atomic mass is 9.93. The van der Waals surface area contributed by atoms with E-state index in [1.807, 2.05) is 0 Å². The van der Waals surface area contributed by atoms with Crippen LogP contribution >= 0.6 is 0 Å². The number of hydrogen-bond donors (Lipinski definition) is 3. The van der Waals surface area contributed by atoms with Crippen LogP contribution in [0.1, 0.15) is 49.5 Å². The quantitative estimate of drug-likeness (QED) is 0.245. The van der Waals surface area contributed by atoms with Crippen molar-refractivity contribution in [3.63, 3.8) is 0 Å². The van der Waals surface area contributed by atoms with Crippen molar-refractivity contribution in [1.29, 1.82) is 0 Å². The number of carbonyl (C=O) groups excluding carboxylic acids is 6. The molecule has 1 aromatic heterocycles. The Hall–Kier alpha value is -5.39. The minimum absolute atomic E-state index is 0.0858. The minimum Gasteiger partial charge on any atom is -0.467 e. The number of para-hydroxylation sites is 1. The van der Waals surface area contributed by atoms with Crippen LogP contribution in [0.5, 0.6) is 5.88 Å². The Morgan fingerprint density at radius 3 is 2.37 bits per heavy atom. The average Bonchev–Trinajstić information content (AvgIpc) is 3.79. The van der Waals surface area contributed by atoms with E-state index >= 15 is 0 Å². The second-order valence-electron chi connectivity index (χ2n) is 12.2. The van der Waals surface area contributed by atoms with E-state index in [1.165, 1.54) is 32.7 Å². The number of ether oxygens (including phenoxy) is 3. The molecule has 0 spiro atoms. The zero-order valence-corrected chi connectivity index (χ0v) is 28.7. The van der Waals surface area contributed by atoms with Gasteiger partial charge in [0.05, 0.1) is 39.0 Å². The van der Waals surface area contributed by atoms with Crippen molar-refractivity contribution >= 4 is 35.9 Å². The van der Waals surface area contributed by atoms with Crippen molar-refractivity contribution in [3.05, 3.63) is 42.1 Å². The average molecular weight is 713 g/mol. The SMILES string of the molecule is CCOC(=O)ON1CCN(C(=O)[C@H](CNC(=O)OC)NC(=O)c2cc(OCC(=O)N3CCC[C@H]3C(=O)NC3CCC3)n(-c3ccccc3)n2)CC1. The molecule has 0 bridgehead atoms. The van der Waals surface area contributed by atoms with E-state index < -0.39 is 42.8 Å². The number of nitrogens with one attached hydrogen (secondary N) is 3. The molecule has 3 fully saturated rings. The van der Waals surface area contributed by atoms with Gasteiger partial charge < -0.3 is 44.8 Å². The maximum absolute atomic E-state index is 13.6. The van der Waals surface area contributed by atoms with E-state index in [4.69, 9.17) is 14.3 Å². The van der Waals surface area contributed by atoms with Gasteiger partial charge in [-0.2, -0.15) is 5.10 Å². The van der Waals surface area contributed by atoms with Crippen LogP contribution in [0.2, 0.25) is 0 Å². The normalized spacial score (nSPS) is 18.2. The van der Waals surface area contributed by atoms with Crippen LogP contribution in [0, 0.1) is 0 Å². The lowest BCUT2D eigenvalue weighted by Gasteiger charge is -2.35. The van der Waals surface area contributed by atoms with Gasteiger partial charge in [0.2, 0.25) is 17.7 Å². The molecule has 5 rings (SSSR count). The van der Waals surface area contributed by atoms with Gasteiger partial charge in [0, 0.05) is 31.7 Å². The van der Waals surface area contributed by atoms with Crippen LogP contribution in [-0.4, -0.2) is 138 Å². The summed E-state index contributed by atoms with van der Waals surface area (Å²) in [6.07, 6.45) is 2.58. The summed E-state index contributed by atoms with van der Waals surface area (Å²) >= 11 is 0. The van der Waals surface area contributed by atoms with E-state index in [2.05, 4.69) is 25.8 Å². The third-order valence-corrected chi connectivity index (χ3v) is 8.84. The molecule has 276 valence electrons. The third-order valence-electron chi connectivity index (χ3n) is 8.84. The number of benzene rings is 1. The molecule has 2 atom stereocenters. The summed E-state index contributed by atoms with van der Waals surface area (Å²) in [5, 5.41) is 13.9. The van der Waals surface area contributed by atoms with Gasteiger partial charge >= 0.3 is 12.2 Å². The van der Waals surface area contributed by atoms with E-state index in [9.17, 15) is 28.8 Å². The van der Waals surface area contributed by atoms with Crippen molar-refractivity contribution in [2.45, 2.75) is 57.2 Å². The van der Waals surface area contributed by atoms with E-state index in [0.717, 1.165) is 19.3 Å². The summed E-state index contributed by atoms with van der Waals surface area (Å²) in [4.78, 5) is 85.1. The summed E-state index contributed by atoms with van der Waals surface area (Å²) in [7, 11) is 1.17. The molecule has 51 heavy (non-hydrogen) atoms. The molecule has 1 aromatic carbocycles. The molecule has 1 aliphatic carbocycles. The molecule has 3 heterocycles. The van der Waals surface area contributed by atoms with Gasteiger partial charge in [0.25, 0.3) is 11.8 Å². The van der Waals surface area contributed by atoms with Crippen LogP contribution in [0.15, 0.2) is 36.4 Å². The third kappa shape index (κ3) is 9.65. The first-order chi connectivity index (χ1) is 24.7. The number of hydrogen-bond acceptors (Lipinski definition) is 12. The monoisotopic (exact) mass is 712 g/mol. The Bertz CT molecular complexity index is 1560. The van der Waals surface area contributed by atoms with E-state index in [-0.39, 0.29) is 68.8 Å². The number of methoxy groups -OCH3 is 1. The van der Waals surface area contributed by atoms with Crippen molar-refractivity contribution in [2.75, 3.05) is 59.6 Å². The predicted molar refractivity (Wildman–Crippen MR) is 177 cm³/mol. The van der Waals surface area contributed by atoms with Crippen LogP contribution in [-0.2, 0) is 28.7 Å². The van der Waals surface area contributed by atoms with Crippen molar-refractivity contribution in [1.82, 2.24) is 40.6 Å². The molecule has 18 nitrogen and oxygen atoms in total. The van der Waals surface area contributed by atoms with Crippen LogP contribution in [0.25, 0.3) is 5.69 Å². The summed E-state index contributed by atoms with van der Waals surface area (Å²) in [5.41, 5.74) is 0.421. The maximum Gasteiger partial charge on any atom is 0.527 e. The van der Waals surface area contributed by atoms with E-state index in [1.54, 1.807) is 37.3 Å². The molecule has 3 aliphatic rings. The summed E-state index contributed by atoms with van der Waals surface area (Å²) in [5.74, 6) is -1.69. The first-order valence-corrected chi connectivity index (χ1v) is 17.1. The highest BCUT2D eigenvalue weighted by molar-refractivity contribution is 5.97. The van der Waals surface area contributed by atoms with Gasteiger partial charge in [-0.05, 0) is 51.2 Å². The van der Waals surface area contributed by atoms with Crippen LogP contribution in [0.3, 0.4) is 0 Å². The van der Waals surface area contributed by atoms with Crippen LogP contribution < -0.4 is 20.7 Å². The Labute approximate surface area is 294 Å². The minimum atomic E-state index is -1.22. The summed E-state index contributed by atoms with van der Waals surface area (Å²) < 4.78 is 16.7. The van der Waals surface area contributed by atoms with Gasteiger partial charge in [-0.3, -0.25) is 19.2 Å². The predicted octanol–water partition coefficient (Wildman–Crippen LogP) is 0.598. The topological polar surface area (TPSA) is 203 Å². The number of rotatable bonds is 13. The highest BCUT2D eigenvalue weighted by Gasteiger charge is 2.36. The smallest absolute Gasteiger partial charge is 0.467 e. The van der Waals surface area contributed by atoms with Crippen molar-refractivity contribution < 1.29 is 47.8 Å². The van der Waals surface area contributed by atoms with Gasteiger partial charge in [0.15, 0.2) is 12.3 Å². The number of amides is 5. The molecule has 0 radical (unpaired) electrons. The molecule has 0 unspecified atom stereocenters. The van der Waals surface area contributed by atoms with Crippen molar-refractivity contribution in [2.24, 2.45) is 0 Å². The Morgan fingerprint density at radius 2 is 1.71 bits per heavy atom. The van der Waals surface area contributed by atoms with E-state index in [0.29, 0.717) is 25.1 Å². The fourth-order valence-corrected chi connectivity index (χ4v) is 5.90. The lowest BCUT2D eigenvalue weighted by Crippen LogP contribution is -2.58. The molecule has 1 saturated carbocycles. The van der Waals surface area contributed by atoms with Gasteiger partial charge in [-0.25, -0.2) is 14.3 Å². The fraction of sp³-hybridized carbons (Fsp3) is 0.545. The number of aromatic nitrogens is 2. The zero-order valence-electron chi connectivity index (χ0n) is 28.7. The molecule has 2 aliphatic heterocycles. The number of carbonyl (C=O) groups is 6. The Morgan fingerprint density at radius 1 is 0.961 bits per heavy atom. The molecule has 5 amide bonds. The largest absolute Gasteiger partial charge is 0.527 e. The fourth-order valence-electron chi connectivity index (χ4n) is 5.90. The number of likely N-dealkylation sites (tertiary alicyclic amines) is 1. The van der Waals surface area contributed by atoms with Crippen LogP contribution in [0.4, 0.5) is 9.59 Å². The Balaban J connectivity index is 1.27. The number of piperazine rings is 1. The van der Waals surface area contributed by atoms with Gasteiger partial charge in [-0.15, -0.1) is 5.06 Å². The number of hydroxylamine groups is 2. The first-order valence-electron chi connectivity index (χ1n) is 17.1. The molecular weight excluding hydrogens is 668 g/mol. The molecule has 3 N–H and O–H groups in total. The standard InChI is InChI=1S/C33H44N8O10/c1-3-49-33(47)51-39-17-15-38(16-18-39)31(45)25(20-34-32(46)48-2)36-29(43)24-19-28(41(37-24)23-11-5-4-6-12-23)50-21-27(42)40-14-8-13-26(40)30(44)35-22-9-7-10-22/h4-6,11-12,19,22,25-26H,3,7-10,13-18,20-21H2,1-2H3,(H,34,46)(H,35,44)(H,36,43)/t25-,26-/m0/s1. The molecule has 2 saturated heterocycles. The molecule has 2 aromatic rings. The summed E-state index contributed by atoms with van der Waals surface area (Å²) in [6, 6.07) is 8.54. The van der Waals surface area contributed by atoms with Gasteiger partial charge in [0.1, 0.15) is 12.1 Å². The number of nitrogens with zero attached hydrogens (tertiary/aromatic N) is 5. The summed E-state index contributed by atoms with van der Waals surface area (Å²) in [6.45, 7) is 2.26. The number of alkyl carbamates (subject to hydrolysis) is 1. The second-order valence-corrected chi connectivity index (χ2v) is 12.2. The second kappa shape index (κ2) is 17.5. The molecular formula is C33H44N8O10. The van der Waals surface area contributed by atoms with Gasteiger partial charge in [-0.1, -0.05) is 18.2 Å². The first kappa shape index (κ1) is 36.9.